The quantitative estimate of drug-likeness (QED) is 0.682. The molecule has 0 saturated heterocycles. The fourth-order valence-electron chi connectivity index (χ4n) is 1.48. The first-order valence-electron chi connectivity index (χ1n) is 4.49. The Hall–Kier alpha value is -1.09. The number of nitrogens with two attached hydrogens (primary N) is 2. The monoisotopic (exact) mass is 180 g/mol. The Balaban J connectivity index is 2.24. The third-order valence-corrected chi connectivity index (χ3v) is 2.54. The minimum Gasteiger partial charge on any atom is -0.396 e. The van der Waals surface area contributed by atoms with Gasteiger partial charge < -0.3 is 11.5 Å². The molecule has 0 bridgehead atoms. The number of benzene rings is 1. The molecule has 4 N–H and O–H groups in total. The molecular weight excluding hydrogens is 167 g/mol. The molecule has 1 aromatic rings. The molecule has 0 radical (unpaired) electrons. The smallest absolute Gasteiger partial charge is 0.146 e. The molecule has 1 atom stereocenters. The number of rotatable bonds is 2. The number of hydrogen-bond donors (Lipinski definition) is 2. The standard InChI is InChI=1S/C10H13FN2/c11-8-5-7(3-4-9(8)12)10(13)6-1-2-6/h3-6,10H,1-2,12-13H2/t10-/m1/s1. The van der Waals surface area contributed by atoms with Gasteiger partial charge in [0.2, 0.25) is 0 Å². The lowest BCUT2D eigenvalue weighted by atomic mass is 10.0. The lowest BCUT2D eigenvalue weighted by molar-refractivity contribution is 0.604. The van der Waals surface area contributed by atoms with Crippen molar-refractivity contribution in [3.8, 4) is 0 Å². The van der Waals surface area contributed by atoms with Gasteiger partial charge in [0, 0.05) is 6.04 Å². The van der Waals surface area contributed by atoms with Crippen molar-refractivity contribution < 1.29 is 4.39 Å². The molecule has 1 fully saturated rings. The molecule has 0 aliphatic heterocycles. The van der Waals surface area contributed by atoms with E-state index in [0.29, 0.717) is 5.92 Å². The van der Waals surface area contributed by atoms with E-state index in [0.717, 1.165) is 18.4 Å². The normalized spacial score (nSPS) is 18.6. The molecule has 13 heavy (non-hydrogen) atoms. The van der Waals surface area contributed by atoms with E-state index in [1.54, 1.807) is 12.1 Å². The zero-order valence-corrected chi connectivity index (χ0v) is 7.33. The average Bonchev–Trinajstić information content (AvgIpc) is 2.91. The summed E-state index contributed by atoms with van der Waals surface area (Å²) in [7, 11) is 0. The van der Waals surface area contributed by atoms with Crippen molar-refractivity contribution in [3.05, 3.63) is 29.6 Å². The van der Waals surface area contributed by atoms with Crippen LogP contribution in [0.4, 0.5) is 10.1 Å². The first kappa shape index (κ1) is 8.51. The predicted molar refractivity (Wildman–Crippen MR) is 50.5 cm³/mol. The van der Waals surface area contributed by atoms with Crippen molar-refractivity contribution in [2.45, 2.75) is 18.9 Å². The van der Waals surface area contributed by atoms with E-state index in [1.165, 1.54) is 6.07 Å². The third-order valence-electron chi connectivity index (χ3n) is 2.54. The van der Waals surface area contributed by atoms with Crippen LogP contribution in [-0.2, 0) is 0 Å². The van der Waals surface area contributed by atoms with Crippen LogP contribution in [0.2, 0.25) is 0 Å². The van der Waals surface area contributed by atoms with Gasteiger partial charge in [-0.2, -0.15) is 0 Å². The molecule has 1 aliphatic rings. The molecule has 2 rings (SSSR count). The molecule has 0 heterocycles. The van der Waals surface area contributed by atoms with Crippen molar-refractivity contribution >= 4 is 5.69 Å². The topological polar surface area (TPSA) is 52.0 Å². The van der Waals surface area contributed by atoms with Gasteiger partial charge in [-0.1, -0.05) is 6.07 Å². The fraction of sp³-hybridized carbons (Fsp3) is 0.400. The fourth-order valence-corrected chi connectivity index (χ4v) is 1.48. The van der Waals surface area contributed by atoms with Crippen LogP contribution in [-0.4, -0.2) is 0 Å². The molecule has 2 nitrogen and oxygen atoms in total. The first-order chi connectivity index (χ1) is 6.18. The van der Waals surface area contributed by atoms with Crippen molar-refractivity contribution in [2.75, 3.05) is 5.73 Å². The maximum absolute atomic E-state index is 13.0. The van der Waals surface area contributed by atoms with E-state index in [-0.39, 0.29) is 17.5 Å². The van der Waals surface area contributed by atoms with Gasteiger partial charge in [0.25, 0.3) is 0 Å². The largest absolute Gasteiger partial charge is 0.396 e. The van der Waals surface area contributed by atoms with Gasteiger partial charge in [-0.05, 0) is 36.5 Å². The van der Waals surface area contributed by atoms with Gasteiger partial charge in [0.05, 0.1) is 5.69 Å². The van der Waals surface area contributed by atoms with Crippen LogP contribution in [0, 0.1) is 11.7 Å². The molecule has 0 unspecified atom stereocenters. The van der Waals surface area contributed by atoms with Crippen molar-refractivity contribution in [1.82, 2.24) is 0 Å². The Morgan fingerprint density at radius 1 is 1.38 bits per heavy atom. The molecule has 0 amide bonds. The molecule has 0 spiro atoms. The summed E-state index contributed by atoms with van der Waals surface area (Å²) in [5.74, 6) is 0.177. The van der Waals surface area contributed by atoms with Crippen LogP contribution in [0.5, 0.6) is 0 Å². The van der Waals surface area contributed by atoms with Crippen LogP contribution in [0.1, 0.15) is 24.4 Å². The summed E-state index contributed by atoms with van der Waals surface area (Å²) < 4.78 is 13.0. The van der Waals surface area contributed by atoms with Gasteiger partial charge in [0.15, 0.2) is 0 Å². The van der Waals surface area contributed by atoms with Crippen molar-refractivity contribution in [1.29, 1.82) is 0 Å². The van der Waals surface area contributed by atoms with Crippen LogP contribution in [0.15, 0.2) is 18.2 Å². The lowest BCUT2D eigenvalue weighted by Gasteiger charge is -2.10. The highest BCUT2D eigenvalue weighted by molar-refractivity contribution is 5.42. The summed E-state index contributed by atoms with van der Waals surface area (Å²) in [6, 6.07) is 4.81. The second-order valence-electron chi connectivity index (χ2n) is 3.64. The van der Waals surface area contributed by atoms with Crippen LogP contribution in [0.3, 0.4) is 0 Å². The maximum Gasteiger partial charge on any atom is 0.146 e. The maximum atomic E-state index is 13.0. The zero-order chi connectivity index (χ0) is 9.42. The number of hydrogen-bond acceptors (Lipinski definition) is 2. The van der Waals surface area contributed by atoms with E-state index < -0.39 is 0 Å². The van der Waals surface area contributed by atoms with E-state index >= 15 is 0 Å². The van der Waals surface area contributed by atoms with E-state index in [1.807, 2.05) is 0 Å². The molecule has 0 aromatic heterocycles. The highest BCUT2D eigenvalue weighted by Gasteiger charge is 2.29. The van der Waals surface area contributed by atoms with Gasteiger partial charge in [0.1, 0.15) is 5.82 Å². The number of nitrogen functional groups attached to an aromatic ring is 1. The molecule has 70 valence electrons. The Morgan fingerprint density at radius 3 is 2.62 bits per heavy atom. The van der Waals surface area contributed by atoms with Gasteiger partial charge >= 0.3 is 0 Å². The minimum atomic E-state index is -0.367. The summed E-state index contributed by atoms with van der Waals surface area (Å²) in [5, 5.41) is 0. The summed E-state index contributed by atoms with van der Waals surface area (Å²) in [6.07, 6.45) is 2.32. The molecule has 1 aromatic carbocycles. The Bertz CT molecular complexity index is 321. The van der Waals surface area contributed by atoms with Crippen molar-refractivity contribution in [2.24, 2.45) is 11.7 Å². The van der Waals surface area contributed by atoms with Crippen molar-refractivity contribution in [3.63, 3.8) is 0 Å². The highest BCUT2D eigenvalue weighted by Crippen LogP contribution is 2.39. The first-order valence-corrected chi connectivity index (χ1v) is 4.49. The lowest BCUT2D eigenvalue weighted by Crippen LogP contribution is -2.12. The summed E-state index contributed by atoms with van der Waals surface area (Å²) in [4.78, 5) is 0. The number of anilines is 1. The second kappa shape index (κ2) is 3.00. The van der Waals surface area contributed by atoms with Gasteiger partial charge in [-0.3, -0.25) is 0 Å². The third kappa shape index (κ3) is 1.65. The van der Waals surface area contributed by atoms with Crippen LogP contribution in [0.25, 0.3) is 0 Å². The summed E-state index contributed by atoms with van der Waals surface area (Å²) in [6.45, 7) is 0. The minimum absolute atomic E-state index is 0.0184. The van der Waals surface area contributed by atoms with Gasteiger partial charge in [-0.15, -0.1) is 0 Å². The Kier molecular flexibility index (Phi) is 1.96. The summed E-state index contributed by atoms with van der Waals surface area (Å²) >= 11 is 0. The second-order valence-corrected chi connectivity index (χ2v) is 3.64. The molecule has 1 aliphatic carbocycles. The zero-order valence-electron chi connectivity index (χ0n) is 7.33. The van der Waals surface area contributed by atoms with Crippen LogP contribution >= 0.6 is 0 Å². The van der Waals surface area contributed by atoms with E-state index in [2.05, 4.69) is 0 Å². The number of halogens is 1. The Morgan fingerprint density at radius 2 is 2.08 bits per heavy atom. The van der Waals surface area contributed by atoms with E-state index in [4.69, 9.17) is 11.5 Å². The summed E-state index contributed by atoms with van der Waals surface area (Å²) in [5.41, 5.74) is 12.3. The molecular formula is C10H13FN2. The predicted octanol–water partition coefficient (Wildman–Crippen LogP) is 1.82. The van der Waals surface area contributed by atoms with E-state index in [9.17, 15) is 4.39 Å². The SMILES string of the molecule is Nc1ccc([C@H](N)C2CC2)cc1F. The molecule has 1 saturated carbocycles. The highest BCUT2D eigenvalue weighted by atomic mass is 19.1. The Labute approximate surface area is 76.7 Å². The van der Waals surface area contributed by atoms with Gasteiger partial charge in [-0.25, -0.2) is 4.39 Å². The average molecular weight is 180 g/mol. The van der Waals surface area contributed by atoms with Crippen LogP contribution < -0.4 is 11.5 Å². The molecule has 3 heteroatoms.